The number of nitrogen functional groups attached to an aromatic ring is 1. The van der Waals surface area contributed by atoms with Crippen molar-refractivity contribution in [1.82, 2.24) is 4.98 Å². The summed E-state index contributed by atoms with van der Waals surface area (Å²) in [6, 6.07) is 1.95. The third-order valence-corrected chi connectivity index (χ3v) is 2.84. The Labute approximate surface area is 84.7 Å². The molecule has 1 aliphatic rings. The van der Waals surface area contributed by atoms with Crippen LogP contribution >= 0.6 is 0 Å². The molecule has 1 aromatic heterocycles. The maximum Gasteiger partial charge on any atom is 0.149 e. The largest absolute Gasteiger partial charge is 0.396 e. The number of aryl methyl sites for hydroxylation is 1. The minimum Gasteiger partial charge on any atom is -0.396 e. The van der Waals surface area contributed by atoms with E-state index in [1.54, 1.807) is 0 Å². The number of hydrogen-bond acceptors (Lipinski definition) is 3. The molecular formula is C11H17N3. The molecule has 0 amide bonds. The molecule has 0 unspecified atom stereocenters. The van der Waals surface area contributed by atoms with Crippen LogP contribution < -0.4 is 11.1 Å². The van der Waals surface area contributed by atoms with Crippen LogP contribution in [0.15, 0.2) is 12.3 Å². The number of aromatic nitrogens is 1. The van der Waals surface area contributed by atoms with Crippen molar-refractivity contribution in [2.24, 2.45) is 5.92 Å². The maximum absolute atomic E-state index is 5.84. The van der Waals surface area contributed by atoms with Gasteiger partial charge in [0.25, 0.3) is 0 Å². The normalized spacial score (nSPS) is 16.4. The molecule has 1 saturated carbocycles. The number of nitrogens with one attached hydrogen (secondary N) is 1. The van der Waals surface area contributed by atoms with Crippen LogP contribution in [0.25, 0.3) is 0 Å². The highest BCUT2D eigenvalue weighted by Gasteiger charge is 2.17. The Hall–Kier alpha value is -1.25. The van der Waals surface area contributed by atoms with Gasteiger partial charge in [-0.05, 0) is 37.3 Å². The smallest absolute Gasteiger partial charge is 0.149 e. The predicted octanol–water partition coefficient (Wildman–Crippen LogP) is 2.18. The highest BCUT2D eigenvalue weighted by Crippen LogP contribution is 2.27. The molecule has 0 bridgehead atoms. The van der Waals surface area contributed by atoms with Gasteiger partial charge in [0.15, 0.2) is 0 Å². The van der Waals surface area contributed by atoms with Gasteiger partial charge in [0.05, 0.1) is 5.69 Å². The molecule has 1 aromatic rings. The van der Waals surface area contributed by atoms with Crippen molar-refractivity contribution >= 4 is 11.5 Å². The summed E-state index contributed by atoms with van der Waals surface area (Å²) in [5.74, 6) is 1.67. The second-order valence-electron chi connectivity index (χ2n) is 4.13. The van der Waals surface area contributed by atoms with E-state index in [-0.39, 0.29) is 0 Å². The van der Waals surface area contributed by atoms with Gasteiger partial charge in [0, 0.05) is 12.7 Å². The number of hydrogen-bond donors (Lipinski definition) is 2. The molecule has 76 valence electrons. The summed E-state index contributed by atoms with van der Waals surface area (Å²) in [7, 11) is 0. The van der Waals surface area contributed by atoms with Gasteiger partial charge in [-0.2, -0.15) is 0 Å². The van der Waals surface area contributed by atoms with Gasteiger partial charge in [-0.25, -0.2) is 4.98 Å². The molecule has 14 heavy (non-hydrogen) atoms. The van der Waals surface area contributed by atoms with Gasteiger partial charge < -0.3 is 11.1 Å². The molecule has 0 atom stereocenters. The number of nitrogens with two attached hydrogens (primary N) is 1. The second kappa shape index (κ2) is 3.86. The molecule has 3 nitrogen and oxygen atoms in total. The van der Waals surface area contributed by atoms with Crippen molar-refractivity contribution in [2.45, 2.75) is 26.2 Å². The molecule has 0 aromatic carbocycles. The van der Waals surface area contributed by atoms with E-state index in [0.717, 1.165) is 29.5 Å². The summed E-state index contributed by atoms with van der Waals surface area (Å²) < 4.78 is 0. The van der Waals surface area contributed by atoms with Gasteiger partial charge in [-0.1, -0.05) is 6.42 Å². The molecule has 1 heterocycles. The zero-order valence-electron chi connectivity index (χ0n) is 8.59. The van der Waals surface area contributed by atoms with Gasteiger partial charge in [0.1, 0.15) is 5.82 Å². The first-order valence-corrected chi connectivity index (χ1v) is 5.21. The quantitative estimate of drug-likeness (QED) is 0.770. The first-order valence-electron chi connectivity index (χ1n) is 5.21. The van der Waals surface area contributed by atoms with E-state index in [0.29, 0.717) is 0 Å². The lowest BCUT2D eigenvalue weighted by molar-refractivity contribution is 0.333. The van der Waals surface area contributed by atoms with E-state index in [2.05, 4.69) is 10.3 Å². The average molecular weight is 191 g/mol. The van der Waals surface area contributed by atoms with E-state index >= 15 is 0 Å². The molecule has 0 radical (unpaired) electrons. The third kappa shape index (κ3) is 1.97. The van der Waals surface area contributed by atoms with Crippen LogP contribution in [-0.2, 0) is 0 Å². The summed E-state index contributed by atoms with van der Waals surface area (Å²) >= 11 is 0. The van der Waals surface area contributed by atoms with Crippen molar-refractivity contribution in [3.05, 3.63) is 17.8 Å². The Balaban J connectivity index is 1.94. The Morgan fingerprint density at radius 2 is 2.36 bits per heavy atom. The fraction of sp³-hybridized carbons (Fsp3) is 0.545. The molecule has 0 saturated heterocycles. The second-order valence-corrected chi connectivity index (χ2v) is 4.13. The number of nitrogens with zero attached hydrogens (tertiary/aromatic N) is 1. The fourth-order valence-corrected chi connectivity index (χ4v) is 1.68. The first-order chi connectivity index (χ1) is 6.75. The monoisotopic (exact) mass is 191 g/mol. The fourth-order valence-electron chi connectivity index (χ4n) is 1.68. The van der Waals surface area contributed by atoms with Crippen molar-refractivity contribution < 1.29 is 0 Å². The van der Waals surface area contributed by atoms with Gasteiger partial charge >= 0.3 is 0 Å². The van der Waals surface area contributed by atoms with Crippen molar-refractivity contribution in [1.29, 1.82) is 0 Å². The topological polar surface area (TPSA) is 50.9 Å². The van der Waals surface area contributed by atoms with Gasteiger partial charge in [0.2, 0.25) is 0 Å². The Bertz CT molecular complexity index is 318. The van der Waals surface area contributed by atoms with E-state index in [1.807, 2.05) is 19.2 Å². The van der Waals surface area contributed by atoms with Crippen LogP contribution in [0.3, 0.4) is 0 Å². The Morgan fingerprint density at radius 3 is 2.93 bits per heavy atom. The van der Waals surface area contributed by atoms with Gasteiger partial charge in [-0.3, -0.25) is 0 Å². The van der Waals surface area contributed by atoms with Crippen molar-refractivity contribution in [3.63, 3.8) is 0 Å². The van der Waals surface area contributed by atoms with E-state index < -0.39 is 0 Å². The summed E-state index contributed by atoms with van der Waals surface area (Å²) in [4.78, 5) is 4.27. The van der Waals surface area contributed by atoms with Gasteiger partial charge in [-0.15, -0.1) is 0 Å². The van der Waals surface area contributed by atoms with Crippen LogP contribution in [-0.4, -0.2) is 11.5 Å². The molecule has 3 heteroatoms. The minimum absolute atomic E-state index is 0.754. The maximum atomic E-state index is 5.84. The van der Waals surface area contributed by atoms with Crippen molar-refractivity contribution in [3.8, 4) is 0 Å². The summed E-state index contributed by atoms with van der Waals surface area (Å²) in [5, 5.41) is 3.31. The molecular weight excluding hydrogens is 174 g/mol. The number of anilines is 2. The van der Waals surface area contributed by atoms with Crippen LogP contribution in [0.2, 0.25) is 0 Å². The number of pyridine rings is 1. The van der Waals surface area contributed by atoms with Crippen LogP contribution in [0.5, 0.6) is 0 Å². The molecule has 0 aliphatic heterocycles. The lowest BCUT2D eigenvalue weighted by atomic mass is 9.85. The molecule has 0 spiro atoms. The number of rotatable bonds is 3. The molecule has 3 N–H and O–H groups in total. The zero-order chi connectivity index (χ0) is 9.97. The third-order valence-electron chi connectivity index (χ3n) is 2.84. The molecule has 1 aliphatic carbocycles. The van der Waals surface area contributed by atoms with Crippen molar-refractivity contribution in [2.75, 3.05) is 17.6 Å². The highest BCUT2D eigenvalue weighted by molar-refractivity contribution is 5.61. The zero-order valence-corrected chi connectivity index (χ0v) is 8.59. The molecule has 1 fully saturated rings. The Kier molecular flexibility index (Phi) is 2.57. The average Bonchev–Trinajstić information content (AvgIpc) is 2.05. The first kappa shape index (κ1) is 9.31. The summed E-state index contributed by atoms with van der Waals surface area (Å²) in [6.07, 6.45) is 5.92. The summed E-state index contributed by atoms with van der Waals surface area (Å²) in [5.41, 5.74) is 7.70. The predicted molar refractivity (Wildman–Crippen MR) is 59.2 cm³/mol. The lowest BCUT2D eigenvalue weighted by Gasteiger charge is -2.25. The SMILES string of the molecule is Cc1cnc(NCC2CCC2)c(N)c1. The molecule has 2 rings (SSSR count). The van der Waals surface area contributed by atoms with Crippen LogP contribution in [0.1, 0.15) is 24.8 Å². The minimum atomic E-state index is 0.754. The standard InChI is InChI=1S/C11H17N3/c1-8-5-10(12)11(13-6-8)14-7-9-3-2-4-9/h5-6,9H,2-4,7,12H2,1H3,(H,13,14). The van der Waals surface area contributed by atoms with E-state index in [1.165, 1.54) is 19.3 Å². The van der Waals surface area contributed by atoms with Crippen LogP contribution in [0.4, 0.5) is 11.5 Å². The Morgan fingerprint density at radius 1 is 1.57 bits per heavy atom. The van der Waals surface area contributed by atoms with E-state index in [4.69, 9.17) is 5.73 Å². The van der Waals surface area contributed by atoms with Crippen LogP contribution in [0, 0.1) is 12.8 Å². The highest BCUT2D eigenvalue weighted by atomic mass is 15.0. The lowest BCUT2D eigenvalue weighted by Crippen LogP contribution is -2.21. The summed E-state index contributed by atoms with van der Waals surface area (Å²) in [6.45, 7) is 3.01. The van der Waals surface area contributed by atoms with E-state index in [9.17, 15) is 0 Å².